The third kappa shape index (κ3) is 4.90. The maximum atomic E-state index is 13.9. The Labute approximate surface area is 115 Å². The number of halogens is 2. The molecular weight excluding hydrogens is 244 g/mol. The molecule has 0 aromatic heterocycles. The standard InChI is InChI=1S/C16H25F2N/c1-6-11(2)14(10-19-16(3,4)5)13-8-7-12(17)9-15(13)18/h7-9,11,14,19H,6,10H2,1-5H3. The first-order valence-corrected chi connectivity index (χ1v) is 6.94. The van der Waals surface area contributed by atoms with Gasteiger partial charge in [-0.15, -0.1) is 0 Å². The van der Waals surface area contributed by atoms with Crippen molar-refractivity contribution in [2.24, 2.45) is 5.92 Å². The van der Waals surface area contributed by atoms with E-state index < -0.39 is 11.6 Å². The van der Waals surface area contributed by atoms with E-state index in [0.717, 1.165) is 12.5 Å². The second-order valence-electron chi connectivity index (χ2n) is 6.29. The van der Waals surface area contributed by atoms with Crippen LogP contribution in [0.4, 0.5) is 8.78 Å². The van der Waals surface area contributed by atoms with Gasteiger partial charge < -0.3 is 5.32 Å². The van der Waals surface area contributed by atoms with Crippen LogP contribution in [0, 0.1) is 17.6 Å². The first kappa shape index (κ1) is 16.1. The predicted octanol–water partition coefficient (Wildman–Crippen LogP) is 4.48. The van der Waals surface area contributed by atoms with Gasteiger partial charge in [0.1, 0.15) is 11.6 Å². The molecule has 2 unspecified atom stereocenters. The van der Waals surface area contributed by atoms with Crippen molar-refractivity contribution < 1.29 is 8.78 Å². The van der Waals surface area contributed by atoms with Crippen LogP contribution in [0.3, 0.4) is 0 Å². The van der Waals surface area contributed by atoms with E-state index >= 15 is 0 Å². The van der Waals surface area contributed by atoms with E-state index in [4.69, 9.17) is 0 Å². The van der Waals surface area contributed by atoms with Gasteiger partial charge in [0, 0.05) is 24.1 Å². The molecule has 0 bridgehead atoms. The Hall–Kier alpha value is -0.960. The topological polar surface area (TPSA) is 12.0 Å². The highest BCUT2D eigenvalue weighted by Gasteiger charge is 2.23. The lowest BCUT2D eigenvalue weighted by atomic mass is 9.84. The Balaban J connectivity index is 2.96. The Morgan fingerprint density at radius 3 is 2.32 bits per heavy atom. The van der Waals surface area contributed by atoms with Gasteiger partial charge in [0.25, 0.3) is 0 Å². The number of benzene rings is 1. The molecule has 0 saturated heterocycles. The molecule has 0 radical (unpaired) electrons. The van der Waals surface area contributed by atoms with Gasteiger partial charge in [-0.2, -0.15) is 0 Å². The van der Waals surface area contributed by atoms with Crippen molar-refractivity contribution >= 4 is 0 Å². The van der Waals surface area contributed by atoms with Crippen molar-refractivity contribution in [1.82, 2.24) is 5.32 Å². The minimum atomic E-state index is -0.520. The SMILES string of the molecule is CCC(C)C(CNC(C)(C)C)c1ccc(F)cc1F. The molecule has 1 aromatic rings. The molecule has 0 amide bonds. The molecule has 19 heavy (non-hydrogen) atoms. The van der Waals surface area contributed by atoms with Crippen molar-refractivity contribution in [2.75, 3.05) is 6.54 Å². The summed E-state index contributed by atoms with van der Waals surface area (Å²) in [6, 6.07) is 3.89. The van der Waals surface area contributed by atoms with Gasteiger partial charge in [-0.25, -0.2) is 8.78 Å². The zero-order chi connectivity index (χ0) is 14.6. The van der Waals surface area contributed by atoms with Gasteiger partial charge >= 0.3 is 0 Å². The fraction of sp³-hybridized carbons (Fsp3) is 0.625. The molecule has 3 heteroatoms. The molecule has 0 heterocycles. The van der Waals surface area contributed by atoms with Crippen LogP contribution >= 0.6 is 0 Å². The second-order valence-corrected chi connectivity index (χ2v) is 6.29. The molecule has 0 spiro atoms. The van der Waals surface area contributed by atoms with Crippen LogP contribution in [0.5, 0.6) is 0 Å². The average Bonchev–Trinajstić information content (AvgIpc) is 2.29. The van der Waals surface area contributed by atoms with E-state index in [1.54, 1.807) is 6.07 Å². The zero-order valence-electron chi connectivity index (χ0n) is 12.6. The largest absolute Gasteiger partial charge is 0.311 e. The molecule has 2 atom stereocenters. The maximum Gasteiger partial charge on any atom is 0.129 e. The molecule has 0 aliphatic heterocycles. The number of nitrogens with one attached hydrogen (secondary N) is 1. The molecule has 1 rings (SSSR count). The lowest BCUT2D eigenvalue weighted by molar-refractivity contribution is 0.349. The van der Waals surface area contributed by atoms with E-state index in [0.29, 0.717) is 18.0 Å². The normalized spacial score (nSPS) is 15.3. The van der Waals surface area contributed by atoms with E-state index in [1.807, 2.05) is 0 Å². The van der Waals surface area contributed by atoms with Crippen molar-refractivity contribution in [3.05, 3.63) is 35.4 Å². The van der Waals surface area contributed by atoms with Crippen molar-refractivity contribution in [3.8, 4) is 0 Å². The predicted molar refractivity (Wildman–Crippen MR) is 76.3 cm³/mol. The Morgan fingerprint density at radius 1 is 1.21 bits per heavy atom. The minimum Gasteiger partial charge on any atom is -0.311 e. The number of rotatable bonds is 5. The van der Waals surface area contributed by atoms with Crippen LogP contribution in [-0.2, 0) is 0 Å². The van der Waals surface area contributed by atoms with Crippen molar-refractivity contribution in [1.29, 1.82) is 0 Å². The quantitative estimate of drug-likeness (QED) is 0.831. The van der Waals surface area contributed by atoms with E-state index in [-0.39, 0.29) is 11.5 Å². The second kappa shape index (κ2) is 6.47. The summed E-state index contributed by atoms with van der Waals surface area (Å²) in [5.41, 5.74) is 0.592. The van der Waals surface area contributed by atoms with Crippen LogP contribution in [0.2, 0.25) is 0 Å². The molecule has 0 aliphatic rings. The summed E-state index contributed by atoms with van der Waals surface area (Å²) >= 11 is 0. The smallest absolute Gasteiger partial charge is 0.129 e. The summed E-state index contributed by atoms with van der Waals surface area (Å²) in [5, 5.41) is 3.42. The highest BCUT2D eigenvalue weighted by Crippen LogP contribution is 2.29. The van der Waals surface area contributed by atoms with Gasteiger partial charge in [-0.1, -0.05) is 26.3 Å². The zero-order valence-corrected chi connectivity index (χ0v) is 12.6. The van der Waals surface area contributed by atoms with Crippen LogP contribution in [0.1, 0.15) is 52.5 Å². The monoisotopic (exact) mass is 269 g/mol. The number of hydrogen-bond acceptors (Lipinski definition) is 1. The van der Waals surface area contributed by atoms with Crippen LogP contribution in [0.15, 0.2) is 18.2 Å². The molecule has 0 aliphatic carbocycles. The van der Waals surface area contributed by atoms with Crippen LogP contribution in [-0.4, -0.2) is 12.1 Å². The van der Waals surface area contributed by atoms with E-state index in [1.165, 1.54) is 6.07 Å². The van der Waals surface area contributed by atoms with Crippen molar-refractivity contribution in [2.45, 2.75) is 52.5 Å². The van der Waals surface area contributed by atoms with Crippen molar-refractivity contribution in [3.63, 3.8) is 0 Å². The van der Waals surface area contributed by atoms with Gasteiger partial charge in [0.2, 0.25) is 0 Å². The summed E-state index contributed by atoms with van der Waals surface area (Å²) in [4.78, 5) is 0. The fourth-order valence-electron chi connectivity index (χ4n) is 2.12. The molecule has 1 N–H and O–H groups in total. The third-order valence-corrected chi connectivity index (χ3v) is 3.55. The van der Waals surface area contributed by atoms with Gasteiger partial charge in [-0.3, -0.25) is 0 Å². The van der Waals surface area contributed by atoms with Gasteiger partial charge in [0.15, 0.2) is 0 Å². The molecule has 0 fully saturated rings. The summed E-state index contributed by atoms with van der Waals surface area (Å²) < 4.78 is 27.0. The van der Waals surface area contributed by atoms with E-state index in [9.17, 15) is 8.78 Å². The average molecular weight is 269 g/mol. The third-order valence-electron chi connectivity index (χ3n) is 3.55. The first-order chi connectivity index (χ1) is 8.74. The van der Waals surface area contributed by atoms with Crippen LogP contribution < -0.4 is 5.32 Å². The van der Waals surface area contributed by atoms with E-state index in [2.05, 4.69) is 39.9 Å². The van der Waals surface area contributed by atoms with Gasteiger partial charge in [0.05, 0.1) is 0 Å². The highest BCUT2D eigenvalue weighted by atomic mass is 19.1. The number of hydrogen-bond donors (Lipinski definition) is 1. The molecule has 1 nitrogen and oxygen atoms in total. The summed E-state index contributed by atoms with van der Waals surface area (Å²) in [5.74, 6) is -0.562. The lowest BCUT2D eigenvalue weighted by Crippen LogP contribution is -2.39. The fourth-order valence-corrected chi connectivity index (χ4v) is 2.12. The molecule has 1 aromatic carbocycles. The summed E-state index contributed by atoms with van der Waals surface area (Å²) in [6.45, 7) is 11.2. The molecule has 108 valence electrons. The first-order valence-electron chi connectivity index (χ1n) is 6.94. The lowest BCUT2D eigenvalue weighted by Gasteiger charge is -2.29. The Bertz CT molecular complexity index is 410. The molecule has 0 saturated carbocycles. The maximum absolute atomic E-state index is 13.9. The molecular formula is C16H25F2N. The van der Waals surface area contributed by atoms with Crippen LogP contribution in [0.25, 0.3) is 0 Å². The highest BCUT2D eigenvalue weighted by molar-refractivity contribution is 5.23. The summed E-state index contributed by atoms with van der Waals surface area (Å²) in [7, 11) is 0. The Morgan fingerprint density at radius 2 is 1.84 bits per heavy atom. The Kier molecular flexibility index (Phi) is 5.48. The summed E-state index contributed by atoms with van der Waals surface area (Å²) in [6.07, 6.45) is 0.966. The van der Waals surface area contributed by atoms with Gasteiger partial charge in [-0.05, 0) is 38.3 Å². The minimum absolute atomic E-state index is 0.0117.